The van der Waals surface area contributed by atoms with Crippen LogP contribution in [-0.2, 0) is 9.53 Å². The van der Waals surface area contributed by atoms with Crippen molar-refractivity contribution >= 4 is 5.97 Å². The number of hydrogen-bond acceptors (Lipinski definition) is 3. The van der Waals surface area contributed by atoms with E-state index >= 15 is 0 Å². The standard InChI is InChI=1S/C9H15NO3/c11-9(12)8(10-6-3-4-6)7-2-1-5-13-7/h6-8,10H,1-5H2,(H,11,12). The van der Waals surface area contributed by atoms with Gasteiger partial charge in [-0.25, -0.2) is 0 Å². The van der Waals surface area contributed by atoms with Crippen molar-refractivity contribution in [2.24, 2.45) is 0 Å². The first-order valence-corrected chi connectivity index (χ1v) is 4.88. The fourth-order valence-corrected chi connectivity index (χ4v) is 1.71. The minimum absolute atomic E-state index is 0.113. The lowest BCUT2D eigenvalue weighted by Gasteiger charge is -2.19. The van der Waals surface area contributed by atoms with Crippen LogP contribution in [0, 0.1) is 0 Å². The summed E-state index contributed by atoms with van der Waals surface area (Å²) in [6.45, 7) is 0.709. The monoisotopic (exact) mass is 185 g/mol. The van der Waals surface area contributed by atoms with E-state index in [1.807, 2.05) is 0 Å². The maximum atomic E-state index is 10.9. The minimum Gasteiger partial charge on any atom is -0.480 e. The SMILES string of the molecule is O=C(O)C(NC1CC1)C1CCCO1. The first-order valence-electron chi connectivity index (χ1n) is 4.88. The Morgan fingerprint density at radius 3 is 2.69 bits per heavy atom. The molecule has 1 heterocycles. The summed E-state index contributed by atoms with van der Waals surface area (Å²) in [5.74, 6) is -0.779. The molecule has 4 nitrogen and oxygen atoms in total. The summed E-state index contributed by atoms with van der Waals surface area (Å²) >= 11 is 0. The van der Waals surface area contributed by atoms with Gasteiger partial charge >= 0.3 is 5.97 Å². The molecule has 2 N–H and O–H groups in total. The number of hydrogen-bond donors (Lipinski definition) is 2. The van der Waals surface area contributed by atoms with Crippen LogP contribution in [0.2, 0.25) is 0 Å². The van der Waals surface area contributed by atoms with Gasteiger partial charge in [-0.05, 0) is 25.7 Å². The van der Waals surface area contributed by atoms with Gasteiger partial charge in [0.1, 0.15) is 6.04 Å². The molecule has 13 heavy (non-hydrogen) atoms. The summed E-state index contributed by atoms with van der Waals surface area (Å²) in [6.07, 6.45) is 3.96. The molecule has 2 aliphatic rings. The normalized spacial score (nSPS) is 30.3. The van der Waals surface area contributed by atoms with E-state index in [-0.39, 0.29) is 6.10 Å². The van der Waals surface area contributed by atoms with Gasteiger partial charge in [0.05, 0.1) is 6.10 Å². The van der Waals surface area contributed by atoms with E-state index < -0.39 is 12.0 Å². The van der Waals surface area contributed by atoms with Gasteiger partial charge in [-0.1, -0.05) is 0 Å². The van der Waals surface area contributed by atoms with Crippen LogP contribution < -0.4 is 5.32 Å². The molecule has 1 aliphatic carbocycles. The first kappa shape index (κ1) is 8.97. The van der Waals surface area contributed by atoms with Crippen LogP contribution >= 0.6 is 0 Å². The molecule has 0 amide bonds. The van der Waals surface area contributed by atoms with Gasteiger partial charge < -0.3 is 9.84 Å². The van der Waals surface area contributed by atoms with Crippen LogP contribution in [0.4, 0.5) is 0 Å². The van der Waals surface area contributed by atoms with Crippen LogP contribution in [0.3, 0.4) is 0 Å². The fraction of sp³-hybridized carbons (Fsp3) is 0.889. The molecule has 2 atom stereocenters. The molecule has 1 saturated carbocycles. The predicted octanol–water partition coefficient (Wildman–Crippen LogP) is 0.371. The van der Waals surface area contributed by atoms with E-state index in [1.54, 1.807) is 0 Å². The van der Waals surface area contributed by atoms with Gasteiger partial charge in [-0.2, -0.15) is 0 Å². The second kappa shape index (κ2) is 3.64. The number of nitrogens with one attached hydrogen (secondary N) is 1. The molecule has 2 unspecified atom stereocenters. The Morgan fingerprint density at radius 2 is 2.23 bits per heavy atom. The van der Waals surface area contributed by atoms with Crippen LogP contribution in [-0.4, -0.2) is 35.9 Å². The fourth-order valence-electron chi connectivity index (χ4n) is 1.71. The average molecular weight is 185 g/mol. The highest BCUT2D eigenvalue weighted by atomic mass is 16.5. The average Bonchev–Trinajstić information content (AvgIpc) is 2.75. The highest BCUT2D eigenvalue weighted by molar-refractivity contribution is 5.74. The molecular formula is C9H15NO3. The number of carboxylic acid groups (broad SMARTS) is 1. The van der Waals surface area contributed by atoms with E-state index in [9.17, 15) is 4.79 Å². The zero-order valence-electron chi connectivity index (χ0n) is 7.53. The molecule has 2 fully saturated rings. The largest absolute Gasteiger partial charge is 0.480 e. The molecule has 0 aromatic carbocycles. The van der Waals surface area contributed by atoms with Gasteiger partial charge in [-0.15, -0.1) is 0 Å². The number of ether oxygens (including phenoxy) is 1. The Hall–Kier alpha value is -0.610. The first-order chi connectivity index (χ1) is 6.27. The molecule has 4 heteroatoms. The number of carbonyl (C=O) groups is 1. The van der Waals surface area contributed by atoms with Crippen molar-refractivity contribution < 1.29 is 14.6 Å². The molecule has 0 radical (unpaired) electrons. The lowest BCUT2D eigenvalue weighted by atomic mass is 10.1. The number of aliphatic carboxylic acids is 1. The van der Waals surface area contributed by atoms with Crippen LogP contribution in [0.5, 0.6) is 0 Å². The maximum Gasteiger partial charge on any atom is 0.323 e. The Morgan fingerprint density at radius 1 is 1.46 bits per heavy atom. The van der Waals surface area contributed by atoms with Gasteiger partial charge in [-0.3, -0.25) is 10.1 Å². The second-order valence-corrected chi connectivity index (χ2v) is 3.81. The van der Waals surface area contributed by atoms with Gasteiger partial charge in [0.2, 0.25) is 0 Å². The van der Waals surface area contributed by atoms with E-state index in [0.717, 1.165) is 25.7 Å². The molecule has 0 aromatic rings. The molecule has 0 aromatic heterocycles. The summed E-state index contributed by atoms with van der Waals surface area (Å²) in [5, 5.41) is 12.1. The summed E-state index contributed by atoms with van der Waals surface area (Å²) in [5.41, 5.74) is 0. The summed E-state index contributed by atoms with van der Waals surface area (Å²) in [4.78, 5) is 10.9. The smallest absolute Gasteiger partial charge is 0.323 e. The van der Waals surface area contributed by atoms with Crippen molar-refractivity contribution in [3.63, 3.8) is 0 Å². The van der Waals surface area contributed by atoms with Crippen molar-refractivity contribution in [2.45, 2.75) is 43.9 Å². The van der Waals surface area contributed by atoms with Gasteiger partial charge in [0.15, 0.2) is 0 Å². The van der Waals surface area contributed by atoms with Gasteiger partial charge in [0.25, 0.3) is 0 Å². The molecule has 0 bridgehead atoms. The zero-order valence-corrected chi connectivity index (χ0v) is 7.53. The predicted molar refractivity (Wildman–Crippen MR) is 46.6 cm³/mol. The van der Waals surface area contributed by atoms with Crippen molar-refractivity contribution in [2.75, 3.05) is 6.61 Å². The highest BCUT2D eigenvalue weighted by Gasteiger charge is 2.35. The number of rotatable bonds is 4. The van der Waals surface area contributed by atoms with Crippen LogP contribution in [0.1, 0.15) is 25.7 Å². The molecule has 1 aliphatic heterocycles. The number of carboxylic acids is 1. The van der Waals surface area contributed by atoms with E-state index in [1.165, 1.54) is 0 Å². The van der Waals surface area contributed by atoms with Crippen molar-refractivity contribution in [1.29, 1.82) is 0 Å². The Labute approximate surface area is 77.3 Å². The summed E-state index contributed by atoms with van der Waals surface area (Å²) in [6, 6.07) is -0.0692. The lowest BCUT2D eigenvalue weighted by Crippen LogP contribution is -2.46. The highest BCUT2D eigenvalue weighted by Crippen LogP contribution is 2.23. The maximum absolute atomic E-state index is 10.9. The van der Waals surface area contributed by atoms with Crippen LogP contribution in [0.15, 0.2) is 0 Å². The zero-order chi connectivity index (χ0) is 9.26. The molecule has 74 valence electrons. The molecule has 2 rings (SSSR count). The minimum atomic E-state index is -0.779. The van der Waals surface area contributed by atoms with Crippen molar-refractivity contribution in [3.05, 3.63) is 0 Å². The van der Waals surface area contributed by atoms with Crippen molar-refractivity contribution in [3.8, 4) is 0 Å². The Kier molecular flexibility index (Phi) is 2.51. The van der Waals surface area contributed by atoms with E-state index in [2.05, 4.69) is 5.32 Å². The summed E-state index contributed by atoms with van der Waals surface area (Å²) in [7, 11) is 0. The van der Waals surface area contributed by atoms with E-state index in [4.69, 9.17) is 9.84 Å². The molecular weight excluding hydrogens is 170 g/mol. The lowest BCUT2D eigenvalue weighted by molar-refractivity contribution is -0.142. The van der Waals surface area contributed by atoms with E-state index in [0.29, 0.717) is 12.6 Å². The third-order valence-electron chi connectivity index (χ3n) is 2.60. The quantitative estimate of drug-likeness (QED) is 0.664. The van der Waals surface area contributed by atoms with Gasteiger partial charge in [0, 0.05) is 12.6 Å². The third-order valence-corrected chi connectivity index (χ3v) is 2.60. The third kappa shape index (κ3) is 2.19. The Bertz CT molecular complexity index is 197. The van der Waals surface area contributed by atoms with Crippen molar-refractivity contribution in [1.82, 2.24) is 5.32 Å². The Balaban J connectivity index is 1.90. The molecule has 0 spiro atoms. The summed E-state index contributed by atoms with van der Waals surface area (Å²) < 4.78 is 5.36. The topological polar surface area (TPSA) is 58.6 Å². The second-order valence-electron chi connectivity index (χ2n) is 3.81. The molecule has 1 saturated heterocycles. The van der Waals surface area contributed by atoms with Crippen LogP contribution in [0.25, 0.3) is 0 Å².